The van der Waals surface area contributed by atoms with Gasteiger partial charge in [-0.25, -0.2) is 15.0 Å². The van der Waals surface area contributed by atoms with E-state index in [1.165, 1.54) is 6.33 Å². The normalized spacial score (nSPS) is 14.4. The number of nitrogens with zero attached hydrogens (tertiary/aromatic N) is 7. The predicted octanol–water partition coefficient (Wildman–Crippen LogP) is 2.41. The molecule has 0 unspecified atom stereocenters. The topological polar surface area (TPSA) is 93.3 Å². The number of piperazine rings is 1. The average molecular weight is 389 g/mol. The van der Waals surface area contributed by atoms with Gasteiger partial charge in [-0.05, 0) is 18.2 Å². The highest BCUT2D eigenvalue weighted by Crippen LogP contribution is 2.34. The fraction of sp³-hybridized carbons (Fsp3) is 0.250. The van der Waals surface area contributed by atoms with Crippen molar-refractivity contribution in [1.82, 2.24) is 25.1 Å². The molecule has 0 amide bonds. The van der Waals surface area contributed by atoms with Gasteiger partial charge in [0.1, 0.15) is 29.0 Å². The maximum absolute atomic E-state index is 5.50. The number of anilines is 2. The minimum Gasteiger partial charge on any atom is -0.497 e. The molecule has 0 atom stereocenters. The lowest BCUT2D eigenvalue weighted by molar-refractivity contribution is 0.415. The second-order valence-electron chi connectivity index (χ2n) is 6.66. The summed E-state index contributed by atoms with van der Waals surface area (Å²) in [6, 6.07) is 9.55. The van der Waals surface area contributed by atoms with Crippen molar-refractivity contribution in [3.8, 4) is 17.0 Å². The number of ether oxygens (including phenoxy) is 1. The van der Waals surface area contributed by atoms with Gasteiger partial charge >= 0.3 is 0 Å². The molecule has 1 aliphatic heterocycles. The molecule has 1 fully saturated rings. The third-order valence-corrected chi connectivity index (χ3v) is 5.01. The molecule has 0 N–H and O–H groups in total. The van der Waals surface area contributed by atoms with Crippen molar-refractivity contribution in [2.75, 3.05) is 43.1 Å². The molecule has 4 heterocycles. The third kappa shape index (κ3) is 3.20. The lowest BCUT2D eigenvalue weighted by Crippen LogP contribution is -2.47. The van der Waals surface area contributed by atoms with E-state index in [0.29, 0.717) is 11.4 Å². The first-order chi connectivity index (χ1) is 14.3. The lowest BCUT2D eigenvalue weighted by atomic mass is 10.1. The molecule has 1 saturated heterocycles. The number of hydrogen-bond acceptors (Lipinski definition) is 9. The molecule has 9 nitrogen and oxygen atoms in total. The number of fused-ring (bicyclic) bond motifs is 1. The summed E-state index contributed by atoms with van der Waals surface area (Å²) in [6.45, 7) is 3.17. The monoisotopic (exact) mass is 389 g/mol. The number of aromatic nitrogens is 5. The quantitative estimate of drug-likeness (QED) is 0.521. The van der Waals surface area contributed by atoms with Crippen molar-refractivity contribution < 1.29 is 9.26 Å². The summed E-state index contributed by atoms with van der Waals surface area (Å²) in [5.74, 6) is 2.33. The van der Waals surface area contributed by atoms with Crippen LogP contribution in [0.5, 0.6) is 5.75 Å². The van der Waals surface area contributed by atoms with Gasteiger partial charge in [-0.15, -0.1) is 0 Å². The van der Waals surface area contributed by atoms with Crippen LogP contribution in [0.15, 0.2) is 53.6 Å². The first kappa shape index (κ1) is 17.4. The van der Waals surface area contributed by atoms with E-state index in [1.54, 1.807) is 19.5 Å². The smallest absolute Gasteiger partial charge is 0.263 e. The predicted molar refractivity (Wildman–Crippen MR) is 108 cm³/mol. The summed E-state index contributed by atoms with van der Waals surface area (Å²) in [5, 5.41) is 5.08. The molecule has 0 spiro atoms. The van der Waals surface area contributed by atoms with E-state index < -0.39 is 0 Å². The summed E-state index contributed by atoms with van der Waals surface area (Å²) < 4.78 is 10.8. The largest absolute Gasteiger partial charge is 0.497 e. The Hall–Kier alpha value is -3.75. The molecule has 3 aromatic heterocycles. The highest BCUT2D eigenvalue weighted by molar-refractivity contribution is 5.98. The Morgan fingerprint density at radius 3 is 2.52 bits per heavy atom. The number of methoxy groups -OCH3 is 1. The molecule has 9 heteroatoms. The maximum atomic E-state index is 5.50. The van der Waals surface area contributed by atoms with Crippen molar-refractivity contribution in [3.63, 3.8) is 0 Å². The van der Waals surface area contributed by atoms with Crippen LogP contribution in [0.1, 0.15) is 0 Å². The van der Waals surface area contributed by atoms with Gasteiger partial charge in [0.2, 0.25) is 5.95 Å². The van der Waals surface area contributed by atoms with E-state index in [0.717, 1.165) is 54.6 Å². The molecule has 1 aliphatic rings. The van der Waals surface area contributed by atoms with E-state index in [9.17, 15) is 0 Å². The van der Waals surface area contributed by atoms with Crippen molar-refractivity contribution in [2.45, 2.75) is 0 Å². The Balaban J connectivity index is 1.47. The Morgan fingerprint density at radius 2 is 1.72 bits per heavy atom. The van der Waals surface area contributed by atoms with Crippen LogP contribution in [0.2, 0.25) is 0 Å². The zero-order valence-electron chi connectivity index (χ0n) is 15.9. The Morgan fingerprint density at radius 1 is 0.931 bits per heavy atom. The fourth-order valence-electron chi connectivity index (χ4n) is 3.55. The zero-order chi connectivity index (χ0) is 19.6. The third-order valence-electron chi connectivity index (χ3n) is 5.01. The summed E-state index contributed by atoms with van der Waals surface area (Å²) >= 11 is 0. The number of benzene rings is 1. The molecule has 0 radical (unpaired) electrons. The van der Waals surface area contributed by atoms with Gasteiger partial charge in [-0.2, -0.15) is 4.98 Å². The minimum absolute atomic E-state index is 0.474. The molecule has 0 saturated carbocycles. The van der Waals surface area contributed by atoms with E-state index in [1.807, 2.05) is 30.3 Å². The van der Waals surface area contributed by atoms with Crippen molar-refractivity contribution in [2.24, 2.45) is 0 Å². The summed E-state index contributed by atoms with van der Waals surface area (Å²) in [7, 11) is 1.64. The van der Waals surface area contributed by atoms with Crippen LogP contribution < -0.4 is 14.5 Å². The minimum atomic E-state index is 0.474. The second-order valence-corrected chi connectivity index (χ2v) is 6.66. The fourth-order valence-corrected chi connectivity index (χ4v) is 3.55. The summed E-state index contributed by atoms with van der Waals surface area (Å²) in [4.78, 5) is 21.9. The second kappa shape index (κ2) is 7.34. The zero-order valence-corrected chi connectivity index (χ0v) is 15.9. The Labute approximate surface area is 167 Å². The van der Waals surface area contributed by atoms with Gasteiger partial charge < -0.3 is 19.1 Å². The van der Waals surface area contributed by atoms with E-state index in [-0.39, 0.29) is 0 Å². The van der Waals surface area contributed by atoms with Crippen molar-refractivity contribution in [1.29, 1.82) is 0 Å². The van der Waals surface area contributed by atoms with Gasteiger partial charge in [-0.3, -0.25) is 0 Å². The SMILES string of the molecule is COc1cccc(-c2noc3ncnc(N4CCN(c5ncccn5)CC4)c23)c1. The van der Waals surface area contributed by atoms with Crippen molar-refractivity contribution in [3.05, 3.63) is 49.1 Å². The van der Waals surface area contributed by atoms with Crippen LogP contribution in [0.3, 0.4) is 0 Å². The molecule has 0 aliphatic carbocycles. The lowest BCUT2D eigenvalue weighted by Gasteiger charge is -2.35. The number of hydrogen-bond donors (Lipinski definition) is 0. The first-order valence-electron chi connectivity index (χ1n) is 9.35. The molecular weight excluding hydrogens is 370 g/mol. The van der Waals surface area contributed by atoms with Crippen LogP contribution in [0.4, 0.5) is 11.8 Å². The van der Waals surface area contributed by atoms with Crippen LogP contribution >= 0.6 is 0 Å². The molecule has 5 rings (SSSR count). The van der Waals surface area contributed by atoms with Gasteiger partial charge in [0.15, 0.2) is 0 Å². The summed E-state index contributed by atoms with van der Waals surface area (Å²) in [5.41, 5.74) is 2.08. The van der Waals surface area contributed by atoms with Crippen LogP contribution in [0.25, 0.3) is 22.4 Å². The first-order valence-corrected chi connectivity index (χ1v) is 9.35. The van der Waals surface area contributed by atoms with Gasteiger partial charge in [0, 0.05) is 44.1 Å². The molecule has 1 aromatic carbocycles. The van der Waals surface area contributed by atoms with Gasteiger partial charge in [0.25, 0.3) is 5.71 Å². The van der Waals surface area contributed by atoms with Gasteiger partial charge in [-0.1, -0.05) is 17.3 Å². The number of rotatable bonds is 4. The Kier molecular flexibility index (Phi) is 4.39. The van der Waals surface area contributed by atoms with Crippen LogP contribution in [-0.2, 0) is 0 Å². The molecule has 4 aromatic rings. The average Bonchev–Trinajstić information content (AvgIpc) is 3.24. The van der Waals surface area contributed by atoms with Crippen LogP contribution in [0, 0.1) is 0 Å². The van der Waals surface area contributed by atoms with Crippen molar-refractivity contribution >= 4 is 22.9 Å². The van der Waals surface area contributed by atoms with E-state index in [2.05, 4.69) is 34.9 Å². The molecule has 146 valence electrons. The van der Waals surface area contributed by atoms with Gasteiger partial charge in [0.05, 0.1) is 7.11 Å². The highest BCUT2D eigenvalue weighted by Gasteiger charge is 2.25. The molecular formula is C20H19N7O2. The standard InChI is InChI=1S/C20H19N7O2/c1-28-15-5-2-4-14(12-15)17-16-18(23-13-24-19(16)29-25-17)26-8-10-27(11-9-26)20-21-6-3-7-22-20/h2-7,12-13H,8-11H2,1H3. The highest BCUT2D eigenvalue weighted by atomic mass is 16.5. The van der Waals surface area contributed by atoms with E-state index in [4.69, 9.17) is 9.26 Å². The maximum Gasteiger partial charge on any atom is 0.263 e. The molecule has 0 bridgehead atoms. The Bertz CT molecular complexity index is 1120. The van der Waals surface area contributed by atoms with E-state index >= 15 is 0 Å². The molecule has 29 heavy (non-hydrogen) atoms. The van der Waals surface area contributed by atoms with Crippen LogP contribution in [-0.4, -0.2) is 58.4 Å². The summed E-state index contributed by atoms with van der Waals surface area (Å²) in [6.07, 6.45) is 5.05.